The van der Waals surface area contributed by atoms with Crippen LogP contribution in [0.2, 0.25) is 5.02 Å². The Morgan fingerprint density at radius 1 is 0.900 bits per heavy atom. The number of halogens is 4. The molecule has 0 fully saturated rings. The Kier molecular flexibility index (Phi) is 4.20. The molecule has 0 saturated heterocycles. The minimum absolute atomic E-state index is 0.274. The van der Waals surface area contributed by atoms with Gasteiger partial charge in [0, 0.05) is 5.02 Å². The zero-order valence-corrected chi connectivity index (χ0v) is 10.9. The maximum absolute atomic E-state index is 12.0. The van der Waals surface area contributed by atoms with Crippen LogP contribution in [0.1, 0.15) is 17.2 Å². The van der Waals surface area contributed by atoms with Gasteiger partial charge >= 0.3 is 6.36 Å². The van der Waals surface area contributed by atoms with Crippen molar-refractivity contribution >= 4 is 11.6 Å². The molecule has 0 heterocycles. The first kappa shape index (κ1) is 14.7. The Balaban J connectivity index is 2.15. The Morgan fingerprint density at radius 2 is 1.35 bits per heavy atom. The fraction of sp³-hybridized carbons (Fsp3) is 0.143. The molecule has 1 unspecified atom stereocenters. The highest BCUT2D eigenvalue weighted by Crippen LogP contribution is 2.26. The van der Waals surface area contributed by atoms with Crippen LogP contribution in [0.4, 0.5) is 13.2 Å². The molecule has 0 aliphatic heterocycles. The van der Waals surface area contributed by atoms with E-state index in [-0.39, 0.29) is 5.75 Å². The lowest BCUT2D eigenvalue weighted by Gasteiger charge is -2.14. The van der Waals surface area contributed by atoms with Gasteiger partial charge in [-0.25, -0.2) is 0 Å². The number of rotatable bonds is 3. The molecule has 0 spiro atoms. The van der Waals surface area contributed by atoms with Gasteiger partial charge in [-0.3, -0.25) is 0 Å². The van der Waals surface area contributed by atoms with Gasteiger partial charge in [0.05, 0.1) is 6.04 Å². The lowest BCUT2D eigenvalue weighted by molar-refractivity contribution is -0.274. The fourth-order valence-corrected chi connectivity index (χ4v) is 1.87. The van der Waals surface area contributed by atoms with Gasteiger partial charge in [0.15, 0.2) is 0 Å². The van der Waals surface area contributed by atoms with E-state index in [1.54, 1.807) is 24.3 Å². The van der Waals surface area contributed by atoms with Crippen LogP contribution in [-0.4, -0.2) is 6.36 Å². The summed E-state index contributed by atoms with van der Waals surface area (Å²) in [5, 5.41) is 0.592. The van der Waals surface area contributed by atoms with Crippen molar-refractivity contribution in [3.05, 3.63) is 64.7 Å². The van der Waals surface area contributed by atoms with Crippen molar-refractivity contribution < 1.29 is 17.9 Å². The van der Waals surface area contributed by atoms with Crippen molar-refractivity contribution in [3.8, 4) is 5.75 Å². The minimum atomic E-state index is -4.69. The summed E-state index contributed by atoms with van der Waals surface area (Å²) in [4.78, 5) is 0. The number of nitrogens with two attached hydrogens (primary N) is 1. The van der Waals surface area contributed by atoms with Gasteiger partial charge in [0.2, 0.25) is 0 Å². The zero-order valence-electron chi connectivity index (χ0n) is 10.2. The molecule has 0 bridgehead atoms. The Bertz CT molecular complexity index is 566. The second-order valence-electron chi connectivity index (χ2n) is 4.15. The van der Waals surface area contributed by atoms with Crippen molar-refractivity contribution in [2.45, 2.75) is 12.4 Å². The molecule has 20 heavy (non-hydrogen) atoms. The van der Waals surface area contributed by atoms with E-state index in [0.29, 0.717) is 10.6 Å². The molecule has 2 N–H and O–H groups in total. The summed E-state index contributed by atoms with van der Waals surface area (Å²) in [6.45, 7) is 0. The third-order valence-corrected chi connectivity index (χ3v) is 2.95. The summed E-state index contributed by atoms with van der Waals surface area (Å²) < 4.78 is 39.9. The van der Waals surface area contributed by atoms with Gasteiger partial charge in [-0.05, 0) is 35.4 Å². The molecule has 0 amide bonds. The van der Waals surface area contributed by atoms with Crippen molar-refractivity contribution in [1.82, 2.24) is 0 Å². The first-order valence-electron chi connectivity index (χ1n) is 5.72. The van der Waals surface area contributed by atoms with E-state index >= 15 is 0 Å². The van der Waals surface area contributed by atoms with E-state index in [2.05, 4.69) is 4.74 Å². The predicted molar refractivity (Wildman–Crippen MR) is 70.6 cm³/mol. The molecule has 0 saturated carbocycles. The first-order chi connectivity index (χ1) is 9.35. The van der Waals surface area contributed by atoms with Gasteiger partial charge in [0.1, 0.15) is 5.75 Å². The van der Waals surface area contributed by atoms with E-state index in [4.69, 9.17) is 17.3 Å². The number of hydrogen-bond acceptors (Lipinski definition) is 2. The van der Waals surface area contributed by atoms with Gasteiger partial charge in [-0.15, -0.1) is 13.2 Å². The highest BCUT2D eigenvalue weighted by Gasteiger charge is 2.31. The quantitative estimate of drug-likeness (QED) is 0.918. The maximum Gasteiger partial charge on any atom is 0.573 e. The molecule has 2 rings (SSSR count). The van der Waals surface area contributed by atoms with Gasteiger partial charge in [0.25, 0.3) is 0 Å². The zero-order chi connectivity index (χ0) is 14.8. The highest BCUT2D eigenvalue weighted by molar-refractivity contribution is 6.30. The number of benzene rings is 2. The average molecular weight is 302 g/mol. The molecule has 2 aromatic rings. The van der Waals surface area contributed by atoms with E-state index in [0.717, 1.165) is 5.56 Å². The molecule has 1 atom stereocenters. The fourth-order valence-electron chi connectivity index (χ4n) is 1.74. The number of ether oxygens (including phenoxy) is 1. The SMILES string of the molecule is NC(c1ccc(Cl)cc1)c1ccc(OC(F)(F)F)cc1. The van der Waals surface area contributed by atoms with E-state index in [1.807, 2.05) is 0 Å². The van der Waals surface area contributed by atoms with E-state index in [9.17, 15) is 13.2 Å². The summed E-state index contributed by atoms with van der Waals surface area (Å²) in [5.74, 6) is -0.274. The molecule has 2 nitrogen and oxygen atoms in total. The molecule has 0 radical (unpaired) electrons. The van der Waals surface area contributed by atoms with Crippen molar-refractivity contribution in [2.24, 2.45) is 5.73 Å². The second kappa shape index (κ2) is 5.73. The van der Waals surface area contributed by atoms with E-state index < -0.39 is 12.4 Å². The van der Waals surface area contributed by atoms with Crippen LogP contribution in [0, 0.1) is 0 Å². The van der Waals surface area contributed by atoms with Gasteiger partial charge in [-0.1, -0.05) is 35.9 Å². The van der Waals surface area contributed by atoms with Crippen LogP contribution >= 0.6 is 11.6 Å². The van der Waals surface area contributed by atoms with Crippen LogP contribution in [0.15, 0.2) is 48.5 Å². The van der Waals surface area contributed by atoms with Crippen LogP contribution in [-0.2, 0) is 0 Å². The maximum atomic E-state index is 12.0. The molecule has 0 aliphatic carbocycles. The Hall–Kier alpha value is -1.72. The standard InChI is InChI=1S/C14H11ClF3NO/c15-11-5-1-9(2-6-11)13(19)10-3-7-12(8-4-10)20-14(16,17)18/h1-8,13H,19H2. The molecule has 106 valence electrons. The average Bonchev–Trinajstić information content (AvgIpc) is 2.38. The highest BCUT2D eigenvalue weighted by atomic mass is 35.5. The normalized spacial score (nSPS) is 13.1. The summed E-state index contributed by atoms with van der Waals surface area (Å²) >= 11 is 5.78. The van der Waals surface area contributed by atoms with Crippen LogP contribution in [0.5, 0.6) is 5.75 Å². The molecule has 0 aromatic heterocycles. The third-order valence-electron chi connectivity index (χ3n) is 2.70. The second-order valence-corrected chi connectivity index (χ2v) is 4.58. The smallest absolute Gasteiger partial charge is 0.406 e. The lowest BCUT2D eigenvalue weighted by Crippen LogP contribution is -2.17. The summed E-state index contributed by atoms with van der Waals surface area (Å²) in [5.41, 5.74) is 7.54. The van der Waals surface area contributed by atoms with Crippen LogP contribution in [0.25, 0.3) is 0 Å². The summed E-state index contributed by atoms with van der Waals surface area (Å²) in [7, 11) is 0. The number of alkyl halides is 3. The first-order valence-corrected chi connectivity index (χ1v) is 6.10. The summed E-state index contributed by atoms with van der Waals surface area (Å²) in [6.07, 6.45) is -4.69. The Labute approximate surface area is 118 Å². The van der Waals surface area contributed by atoms with Crippen molar-refractivity contribution in [1.29, 1.82) is 0 Å². The minimum Gasteiger partial charge on any atom is -0.406 e. The largest absolute Gasteiger partial charge is 0.573 e. The molecule has 2 aromatic carbocycles. The van der Waals surface area contributed by atoms with Crippen LogP contribution in [0.3, 0.4) is 0 Å². The van der Waals surface area contributed by atoms with Crippen molar-refractivity contribution in [2.75, 3.05) is 0 Å². The van der Waals surface area contributed by atoms with Gasteiger partial charge < -0.3 is 10.5 Å². The molecule has 6 heteroatoms. The topological polar surface area (TPSA) is 35.2 Å². The molecule has 0 aliphatic rings. The van der Waals surface area contributed by atoms with Crippen LogP contribution < -0.4 is 10.5 Å². The van der Waals surface area contributed by atoms with Gasteiger partial charge in [-0.2, -0.15) is 0 Å². The van der Waals surface area contributed by atoms with Crippen molar-refractivity contribution in [3.63, 3.8) is 0 Å². The Morgan fingerprint density at radius 3 is 1.80 bits per heavy atom. The van der Waals surface area contributed by atoms with E-state index in [1.165, 1.54) is 24.3 Å². The molecular weight excluding hydrogens is 291 g/mol. The third kappa shape index (κ3) is 3.88. The predicted octanol–water partition coefficient (Wildman–Crippen LogP) is 4.29. The number of hydrogen-bond donors (Lipinski definition) is 1. The monoisotopic (exact) mass is 301 g/mol. The molecular formula is C14H11ClF3NO. The summed E-state index contributed by atoms with van der Waals surface area (Å²) in [6, 6.07) is 12.0. The lowest BCUT2D eigenvalue weighted by atomic mass is 10.00.